The average molecular weight is 365 g/mol. The molecule has 2 aromatic rings. The summed E-state index contributed by atoms with van der Waals surface area (Å²) in [5.74, 6) is -0.574. The summed E-state index contributed by atoms with van der Waals surface area (Å²) < 4.78 is 13.0. The summed E-state index contributed by atoms with van der Waals surface area (Å²) in [5, 5.41) is 3.71. The Morgan fingerprint density at radius 1 is 1.64 bits per heavy atom. The summed E-state index contributed by atoms with van der Waals surface area (Å²) in [7, 11) is 0. The van der Waals surface area contributed by atoms with Gasteiger partial charge in [0.2, 0.25) is 5.95 Å². The molecule has 0 amide bonds. The highest BCUT2D eigenvalue weighted by Crippen LogP contribution is 2.36. The van der Waals surface area contributed by atoms with Crippen LogP contribution >= 0.6 is 11.3 Å². The van der Waals surface area contributed by atoms with Crippen LogP contribution in [-0.4, -0.2) is 38.8 Å². The van der Waals surface area contributed by atoms with Crippen molar-refractivity contribution < 1.29 is 14.3 Å². The van der Waals surface area contributed by atoms with Gasteiger partial charge >= 0.3 is 10.8 Å². The molecule has 0 radical (unpaired) electrons. The van der Waals surface area contributed by atoms with Crippen LogP contribution in [0.15, 0.2) is 16.1 Å². The lowest BCUT2D eigenvalue weighted by Gasteiger charge is -2.21. The second-order valence-corrected chi connectivity index (χ2v) is 6.39. The predicted octanol–water partition coefficient (Wildman–Crippen LogP) is 1.35. The van der Waals surface area contributed by atoms with Gasteiger partial charge in [0.1, 0.15) is 6.04 Å². The molecule has 0 aromatic carbocycles. The number of aromatic nitrogens is 3. The van der Waals surface area contributed by atoms with E-state index in [0.717, 1.165) is 11.3 Å². The van der Waals surface area contributed by atoms with E-state index < -0.39 is 30.4 Å². The Balaban J connectivity index is 2.15. The van der Waals surface area contributed by atoms with Crippen molar-refractivity contribution in [3.05, 3.63) is 26.3 Å². The predicted molar refractivity (Wildman–Crippen MR) is 88.8 cm³/mol. The van der Waals surface area contributed by atoms with Crippen molar-refractivity contribution in [1.29, 1.82) is 0 Å². The fourth-order valence-electron chi connectivity index (χ4n) is 2.86. The highest BCUT2D eigenvalue weighted by Gasteiger charge is 2.47. The van der Waals surface area contributed by atoms with E-state index in [2.05, 4.69) is 20.0 Å². The quantitative estimate of drug-likeness (QED) is 0.370. The molecule has 132 valence electrons. The maximum atomic E-state index is 12.5. The van der Waals surface area contributed by atoms with E-state index in [0.29, 0.717) is 11.1 Å². The number of hydrogen-bond acceptors (Lipinski definition) is 9. The molecule has 1 fully saturated rings. The molecule has 1 saturated heterocycles. The number of azide groups is 1. The Bertz CT molecular complexity index is 919. The van der Waals surface area contributed by atoms with Crippen molar-refractivity contribution >= 4 is 33.6 Å². The van der Waals surface area contributed by atoms with E-state index in [-0.39, 0.29) is 16.5 Å². The minimum Gasteiger partial charge on any atom is -0.457 e. The van der Waals surface area contributed by atoms with E-state index in [1.165, 1.54) is 17.7 Å². The molecular formula is C13H15N7O4S. The van der Waals surface area contributed by atoms with Crippen LogP contribution in [0.2, 0.25) is 0 Å². The van der Waals surface area contributed by atoms with Crippen molar-refractivity contribution in [2.75, 3.05) is 5.73 Å². The largest absolute Gasteiger partial charge is 0.457 e. The zero-order valence-electron chi connectivity index (χ0n) is 13.4. The highest BCUT2D eigenvalue weighted by molar-refractivity contribution is 7.16. The summed E-state index contributed by atoms with van der Waals surface area (Å²) in [5.41, 5.74) is 14.7. The topological polar surface area (TPSA) is 158 Å². The third kappa shape index (κ3) is 3.02. The van der Waals surface area contributed by atoms with Gasteiger partial charge in [0.05, 0.1) is 17.0 Å². The molecule has 0 spiro atoms. The van der Waals surface area contributed by atoms with Gasteiger partial charge in [0.25, 0.3) is 0 Å². The van der Waals surface area contributed by atoms with E-state index in [1.54, 1.807) is 0 Å². The fourth-order valence-corrected chi connectivity index (χ4v) is 3.67. The van der Waals surface area contributed by atoms with E-state index in [1.807, 2.05) is 6.92 Å². The van der Waals surface area contributed by atoms with Crippen LogP contribution in [0, 0.1) is 0 Å². The molecule has 2 N–H and O–H groups in total. The van der Waals surface area contributed by atoms with Gasteiger partial charge in [0, 0.05) is 11.8 Å². The third-order valence-corrected chi connectivity index (χ3v) is 4.71. The second-order valence-electron chi connectivity index (χ2n) is 5.40. The van der Waals surface area contributed by atoms with Crippen LogP contribution in [0.1, 0.15) is 26.5 Å². The lowest BCUT2D eigenvalue weighted by Crippen LogP contribution is -2.36. The number of thiazole rings is 1. The molecule has 3 heterocycles. The molecule has 4 atom stereocenters. The first-order valence-corrected chi connectivity index (χ1v) is 8.28. The summed E-state index contributed by atoms with van der Waals surface area (Å²) in [6.45, 7) is 3.07. The first-order chi connectivity index (χ1) is 12.0. The molecule has 11 nitrogen and oxygen atoms in total. The lowest BCUT2D eigenvalue weighted by molar-refractivity contribution is -0.152. The first-order valence-electron chi connectivity index (χ1n) is 7.46. The van der Waals surface area contributed by atoms with Gasteiger partial charge in [-0.1, -0.05) is 23.4 Å². The van der Waals surface area contributed by atoms with Crippen LogP contribution in [0.25, 0.3) is 20.8 Å². The smallest absolute Gasteiger partial charge is 0.311 e. The van der Waals surface area contributed by atoms with Gasteiger partial charge in [-0.3, -0.25) is 14.2 Å². The van der Waals surface area contributed by atoms with Crippen molar-refractivity contribution in [3.63, 3.8) is 0 Å². The molecule has 1 aliphatic heterocycles. The van der Waals surface area contributed by atoms with Gasteiger partial charge < -0.3 is 15.2 Å². The zero-order chi connectivity index (χ0) is 18.1. The van der Waals surface area contributed by atoms with Crippen LogP contribution in [-0.2, 0) is 14.3 Å². The normalized spacial score (nSPS) is 25.7. The number of anilines is 1. The minimum absolute atomic E-state index is 0.000259. The fraction of sp³-hybridized carbons (Fsp3) is 0.538. The average Bonchev–Trinajstić information content (AvgIpc) is 3.04. The number of nitrogens with two attached hydrogens (primary N) is 1. The monoisotopic (exact) mass is 365 g/mol. The SMILES string of the molecule is CC[C@H]1O[C@@H](n2c(=O)sc3cnc(N)nc32)[C@H](OC(C)=O)[C@@H]1N=[N+]=[N-]. The summed E-state index contributed by atoms with van der Waals surface area (Å²) in [6.07, 6.45) is -0.486. The van der Waals surface area contributed by atoms with E-state index in [4.69, 9.17) is 20.7 Å². The number of esters is 1. The summed E-state index contributed by atoms with van der Waals surface area (Å²) in [4.78, 5) is 34.4. The molecule has 0 unspecified atom stereocenters. The van der Waals surface area contributed by atoms with E-state index >= 15 is 0 Å². The number of rotatable bonds is 4. The van der Waals surface area contributed by atoms with Gasteiger partial charge in [-0.15, -0.1) is 0 Å². The van der Waals surface area contributed by atoms with Crippen molar-refractivity contribution in [3.8, 4) is 0 Å². The van der Waals surface area contributed by atoms with Crippen LogP contribution < -0.4 is 10.6 Å². The van der Waals surface area contributed by atoms with Crippen LogP contribution in [0.4, 0.5) is 5.95 Å². The standard InChI is InChI=1S/C13H15N7O4S/c1-3-6-8(18-19-15)9(23-5(2)21)11(24-6)20-10-7(25-13(20)22)4-16-12(14)17-10/h4,6,8-9,11H,3H2,1-2H3,(H2,14,16,17)/t6-,8-,9-,11-/m1/s1. The van der Waals surface area contributed by atoms with Gasteiger partial charge in [-0.25, -0.2) is 4.98 Å². The number of fused-ring (bicyclic) bond motifs is 1. The zero-order valence-corrected chi connectivity index (χ0v) is 14.2. The lowest BCUT2D eigenvalue weighted by atomic mass is 10.1. The number of nitrogens with zero attached hydrogens (tertiary/aromatic N) is 6. The van der Waals surface area contributed by atoms with Gasteiger partial charge in [-0.05, 0) is 12.0 Å². The first kappa shape index (κ1) is 17.1. The minimum atomic E-state index is -0.972. The second kappa shape index (κ2) is 6.67. The van der Waals surface area contributed by atoms with E-state index in [9.17, 15) is 9.59 Å². The third-order valence-electron chi connectivity index (χ3n) is 3.83. The Morgan fingerprint density at radius 3 is 3.04 bits per heavy atom. The maximum absolute atomic E-state index is 12.5. The molecule has 0 aliphatic carbocycles. The Hall–Kier alpha value is -2.69. The molecule has 2 aromatic heterocycles. The summed E-state index contributed by atoms with van der Waals surface area (Å²) in [6, 6.07) is -0.759. The highest BCUT2D eigenvalue weighted by atomic mass is 32.1. The molecular weight excluding hydrogens is 350 g/mol. The number of ether oxygens (including phenoxy) is 2. The van der Waals surface area contributed by atoms with Crippen molar-refractivity contribution in [2.45, 2.75) is 44.7 Å². The summed E-state index contributed by atoms with van der Waals surface area (Å²) >= 11 is 0.922. The number of hydrogen-bond donors (Lipinski definition) is 1. The molecule has 3 rings (SSSR count). The van der Waals surface area contributed by atoms with Crippen molar-refractivity contribution in [1.82, 2.24) is 14.5 Å². The van der Waals surface area contributed by atoms with Gasteiger partial charge in [-0.2, -0.15) is 4.98 Å². The van der Waals surface area contributed by atoms with Crippen LogP contribution in [0.3, 0.4) is 0 Å². The Labute approximate surface area is 145 Å². The van der Waals surface area contributed by atoms with Gasteiger partial charge in [0.15, 0.2) is 18.0 Å². The van der Waals surface area contributed by atoms with Crippen LogP contribution in [0.5, 0.6) is 0 Å². The number of nitrogen functional groups attached to an aromatic ring is 1. The Morgan fingerprint density at radius 2 is 2.40 bits per heavy atom. The Kier molecular flexibility index (Phi) is 4.57. The maximum Gasteiger partial charge on any atom is 0.311 e. The van der Waals surface area contributed by atoms with Crippen molar-refractivity contribution in [2.24, 2.45) is 5.11 Å². The molecule has 0 bridgehead atoms. The number of carbonyl (C=O) groups is 1. The molecule has 1 aliphatic rings. The molecule has 12 heteroatoms. The number of carbonyl (C=O) groups excluding carboxylic acids is 1. The molecule has 25 heavy (non-hydrogen) atoms. The molecule has 0 saturated carbocycles.